The van der Waals surface area contributed by atoms with Crippen molar-refractivity contribution in [1.82, 2.24) is 30.2 Å². The van der Waals surface area contributed by atoms with Gasteiger partial charge in [0, 0.05) is 29.9 Å². The van der Waals surface area contributed by atoms with Gasteiger partial charge >= 0.3 is 0 Å². The fourth-order valence-corrected chi connectivity index (χ4v) is 4.10. The zero-order valence-corrected chi connectivity index (χ0v) is 18.6. The van der Waals surface area contributed by atoms with Crippen molar-refractivity contribution in [3.8, 4) is 17.1 Å². The number of fused-ring (bicyclic) bond motifs is 1. The highest BCUT2D eigenvalue weighted by atomic mass is 16.5. The molecule has 1 saturated carbocycles. The van der Waals surface area contributed by atoms with E-state index in [4.69, 9.17) is 16.2 Å². The number of ether oxygens (including phenoxy) is 1. The van der Waals surface area contributed by atoms with E-state index in [0.717, 1.165) is 31.2 Å². The number of nitrogens with one attached hydrogen (secondary N) is 2. The summed E-state index contributed by atoms with van der Waals surface area (Å²) in [5.74, 6) is 0.260. The van der Waals surface area contributed by atoms with Crippen LogP contribution in [0.3, 0.4) is 0 Å². The highest BCUT2D eigenvalue weighted by Gasteiger charge is 2.27. The minimum atomic E-state index is -0.534. The molecule has 1 fully saturated rings. The molecule has 6 N–H and O–H groups in total. The molecule has 0 aliphatic heterocycles. The maximum atomic E-state index is 13.2. The number of carbonyl (C=O) groups is 2. The Balaban J connectivity index is 1.54. The number of pyridine rings is 1. The lowest BCUT2D eigenvalue weighted by molar-refractivity contribution is -0.122. The maximum absolute atomic E-state index is 13.2. The first kappa shape index (κ1) is 22.5. The summed E-state index contributed by atoms with van der Waals surface area (Å²) in [4.78, 5) is 33.3. The Labute approximate surface area is 190 Å². The van der Waals surface area contributed by atoms with Crippen LogP contribution < -0.4 is 26.8 Å². The molecule has 11 heteroatoms. The van der Waals surface area contributed by atoms with Crippen molar-refractivity contribution >= 4 is 23.1 Å². The molecule has 4 rings (SSSR count). The van der Waals surface area contributed by atoms with Gasteiger partial charge in [-0.1, -0.05) is 0 Å². The van der Waals surface area contributed by atoms with Gasteiger partial charge in [0.05, 0.1) is 24.4 Å². The molecule has 0 unspecified atom stereocenters. The predicted molar refractivity (Wildman–Crippen MR) is 122 cm³/mol. The Bertz CT molecular complexity index is 1170. The summed E-state index contributed by atoms with van der Waals surface area (Å²) in [5, 5.41) is 10.4. The van der Waals surface area contributed by atoms with E-state index in [1.807, 2.05) is 6.07 Å². The zero-order valence-electron chi connectivity index (χ0n) is 18.6. The predicted octanol–water partition coefficient (Wildman–Crippen LogP) is 0.887. The van der Waals surface area contributed by atoms with E-state index in [0.29, 0.717) is 22.7 Å². The molecular formula is C22H28N8O3. The van der Waals surface area contributed by atoms with Crippen LogP contribution in [0.25, 0.3) is 16.8 Å². The van der Waals surface area contributed by atoms with Gasteiger partial charge in [-0.05, 0) is 44.7 Å². The van der Waals surface area contributed by atoms with Gasteiger partial charge in [-0.3, -0.25) is 9.59 Å². The van der Waals surface area contributed by atoms with E-state index in [2.05, 4.69) is 25.7 Å². The first-order valence-corrected chi connectivity index (χ1v) is 10.9. The van der Waals surface area contributed by atoms with Gasteiger partial charge in [-0.2, -0.15) is 5.10 Å². The lowest BCUT2D eigenvalue weighted by Gasteiger charge is -2.30. The van der Waals surface area contributed by atoms with Crippen molar-refractivity contribution in [2.45, 2.75) is 50.7 Å². The van der Waals surface area contributed by atoms with Gasteiger partial charge in [-0.15, -0.1) is 0 Å². The molecule has 0 saturated heterocycles. The van der Waals surface area contributed by atoms with Crippen LogP contribution in [-0.2, 0) is 4.79 Å². The highest BCUT2D eigenvalue weighted by Crippen LogP contribution is 2.29. The molecule has 3 aromatic heterocycles. The average Bonchev–Trinajstić information content (AvgIpc) is 3.21. The number of rotatable bonds is 6. The lowest BCUT2D eigenvalue weighted by Crippen LogP contribution is -2.47. The van der Waals surface area contributed by atoms with Crippen LogP contribution in [0.15, 0.2) is 30.7 Å². The third kappa shape index (κ3) is 4.72. The summed E-state index contributed by atoms with van der Waals surface area (Å²) in [6.45, 7) is 1.66. The van der Waals surface area contributed by atoms with Gasteiger partial charge in [0.1, 0.15) is 11.8 Å². The van der Waals surface area contributed by atoms with E-state index >= 15 is 0 Å². The van der Waals surface area contributed by atoms with E-state index in [9.17, 15) is 9.59 Å². The third-order valence-electron chi connectivity index (χ3n) is 5.89. The number of methoxy groups -OCH3 is 1. The number of amides is 2. The third-order valence-corrected chi connectivity index (χ3v) is 5.89. The maximum Gasteiger partial charge on any atom is 0.253 e. The minimum absolute atomic E-state index is 0.00812. The van der Waals surface area contributed by atoms with E-state index in [1.54, 1.807) is 29.8 Å². The first-order chi connectivity index (χ1) is 15.9. The van der Waals surface area contributed by atoms with Gasteiger partial charge in [-0.25, -0.2) is 14.5 Å². The lowest BCUT2D eigenvalue weighted by atomic mass is 9.90. The van der Waals surface area contributed by atoms with Gasteiger partial charge in [0.2, 0.25) is 11.8 Å². The SMILES string of the molecule is COc1cc(-c2cc(C(=O)NC3CCC(NC(=O)[C@H](C)N)CC3)c3c(N)ncnn23)ccn1. The number of carbonyl (C=O) groups excluding carboxylic acids is 2. The molecule has 174 valence electrons. The van der Waals surface area contributed by atoms with Crippen LogP contribution in [0.1, 0.15) is 43.0 Å². The van der Waals surface area contributed by atoms with Crippen molar-refractivity contribution in [3.05, 3.63) is 36.3 Å². The number of nitrogen functional groups attached to an aromatic ring is 1. The van der Waals surface area contributed by atoms with Crippen LogP contribution >= 0.6 is 0 Å². The van der Waals surface area contributed by atoms with Crippen molar-refractivity contribution in [1.29, 1.82) is 0 Å². The van der Waals surface area contributed by atoms with E-state index in [-0.39, 0.29) is 29.7 Å². The molecule has 0 radical (unpaired) electrons. The molecule has 11 nitrogen and oxygen atoms in total. The Morgan fingerprint density at radius 3 is 2.52 bits per heavy atom. The number of hydrogen-bond donors (Lipinski definition) is 4. The van der Waals surface area contributed by atoms with Crippen molar-refractivity contribution in [2.24, 2.45) is 5.73 Å². The van der Waals surface area contributed by atoms with Crippen LogP contribution in [0.5, 0.6) is 5.88 Å². The minimum Gasteiger partial charge on any atom is -0.481 e. The number of nitrogens with two attached hydrogens (primary N) is 2. The summed E-state index contributed by atoms with van der Waals surface area (Å²) in [7, 11) is 1.54. The fourth-order valence-electron chi connectivity index (χ4n) is 4.10. The fraction of sp³-hybridized carbons (Fsp3) is 0.409. The van der Waals surface area contributed by atoms with Crippen molar-refractivity contribution in [2.75, 3.05) is 12.8 Å². The van der Waals surface area contributed by atoms with Gasteiger partial charge in [0.25, 0.3) is 5.91 Å². The van der Waals surface area contributed by atoms with Crippen molar-refractivity contribution < 1.29 is 14.3 Å². The summed E-state index contributed by atoms with van der Waals surface area (Å²) in [6, 6.07) is 4.85. The Hall–Kier alpha value is -3.73. The number of hydrogen-bond acceptors (Lipinski definition) is 8. The molecule has 0 bridgehead atoms. The summed E-state index contributed by atoms with van der Waals surface area (Å²) >= 11 is 0. The normalized spacial score (nSPS) is 19.1. The second kappa shape index (κ2) is 9.41. The molecule has 1 aliphatic carbocycles. The second-order valence-electron chi connectivity index (χ2n) is 8.26. The highest BCUT2D eigenvalue weighted by molar-refractivity contribution is 6.05. The summed E-state index contributed by atoms with van der Waals surface area (Å²) in [6.07, 6.45) is 6.02. The Kier molecular flexibility index (Phi) is 6.40. The quantitative estimate of drug-likeness (QED) is 0.428. The second-order valence-corrected chi connectivity index (χ2v) is 8.26. The Morgan fingerprint density at radius 2 is 1.85 bits per heavy atom. The number of nitrogens with zero attached hydrogens (tertiary/aromatic N) is 4. The van der Waals surface area contributed by atoms with Crippen LogP contribution in [0.4, 0.5) is 5.82 Å². The smallest absolute Gasteiger partial charge is 0.253 e. The van der Waals surface area contributed by atoms with Crippen molar-refractivity contribution in [3.63, 3.8) is 0 Å². The molecule has 2 amide bonds. The summed E-state index contributed by atoms with van der Waals surface area (Å²) < 4.78 is 6.83. The van der Waals surface area contributed by atoms with Gasteiger partial charge in [0.15, 0.2) is 5.82 Å². The largest absolute Gasteiger partial charge is 0.481 e. The molecule has 0 spiro atoms. The van der Waals surface area contributed by atoms with E-state index in [1.165, 1.54) is 13.4 Å². The molecular weight excluding hydrogens is 424 g/mol. The molecule has 3 aromatic rings. The molecule has 0 aromatic carbocycles. The number of aromatic nitrogens is 4. The monoisotopic (exact) mass is 452 g/mol. The topological polar surface area (TPSA) is 163 Å². The number of anilines is 1. The zero-order chi connectivity index (χ0) is 23.5. The van der Waals surface area contributed by atoms with Crippen LogP contribution in [0, 0.1) is 0 Å². The first-order valence-electron chi connectivity index (χ1n) is 10.9. The van der Waals surface area contributed by atoms with E-state index < -0.39 is 6.04 Å². The summed E-state index contributed by atoms with van der Waals surface area (Å²) in [5.41, 5.74) is 14.0. The average molecular weight is 453 g/mol. The Morgan fingerprint density at radius 1 is 1.15 bits per heavy atom. The molecule has 1 aliphatic rings. The van der Waals surface area contributed by atoms with Crippen LogP contribution in [-0.4, -0.2) is 56.6 Å². The van der Waals surface area contributed by atoms with Crippen LogP contribution in [0.2, 0.25) is 0 Å². The standard InChI is InChI=1S/C22H28N8O3/c1-12(23)21(31)28-14-3-5-15(6-4-14)29-22(32)16-10-17(13-7-8-25-18(9-13)33-2)30-19(16)20(24)26-11-27-30/h7-12,14-15H,3-6,23H2,1-2H3,(H,28,31)(H,29,32)(H2,24,26,27)/t12-,14?,15?/m0/s1. The molecule has 3 heterocycles. The van der Waals surface area contributed by atoms with Gasteiger partial charge < -0.3 is 26.8 Å². The molecule has 33 heavy (non-hydrogen) atoms. The molecule has 1 atom stereocenters.